The fourth-order valence-electron chi connectivity index (χ4n) is 2.41. The van der Waals surface area contributed by atoms with E-state index in [0.29, 0.717) is 12.3 Å². The van der Waals surface area contributed by atoms with E-state index in [1.54, 1.807) is 0 Å². The van der Waals surface area contributed by atoms with Crippen LogP contribution in [0.5, 0.6) is 0 Å². The molecule has 1 fully saturated rings. The Morgan fingerprint density at radius 2 is 2.00 bits per heavy atom. The molecule has 1 aromatic rings. The highest BCUT2D eigenvalue weighted by Gasteiger charge is 2.19. The summed E-state index contributed by atoms with van der Waals surface area (Å²) in [5.41, 5.74) is 1.15. The van der Waals surface area contributed by atoms with Crippen LogP contribution in [0, 0.1) is 0 Å². The van der Waals surface area contributed by atoms with E-state index in [9.17, 15) is 4.79 Å². The number of rotatable bonds is 5. The van der Waals surface area contributed by atoms with Gasteiger partial charge < -0.3 is 4.90 Å². The average molecular weight is 298 g/mol. The molecule has 1 aliphatic heterocycles. The molecule has 0 aliphatic carbocycles. The summed E-state index contributed by atoms with van der Waals surface area (Å²) in [5, 5.41) is 0. The van der Waals surface area contributed by atoms with Crippen LogP contribution in [0.25, 0.3) is 0 Å². The fourth-order valence-corrected chi connectivity index (χ4v) is 2.41. The molecule has 1 aliphatic rings. The molecule has 0 unspecified atom stereocenters. The van der Waals surface area contributed by atoms with Crippen molar-refractivity contribution in [1.82, 2.24) is 14.8 Å². The maximum Gasteiger partial charge on any atom is 0.222 e. The van der Waals surface area contributed by atoms with E-state index in [4.69, 9.17) is 0 Å². The lowest BCUT2D eigenvalue weighted by molar-refractivity contribution is -0.132. The summed E-state index contributed by atoms with van der Waals surface area (Å²) in [6, 6.07) is 6.05. The van der Waals surface area contributed by atoms with E-state index >= 15 is 0 Å². The van der Waals surface area contributed by atoms with Crippen molar-refractivity contribution in [3.63, 3.8) is 0 Å². The van der Waals surface area contributed by atoms with E-state index in [-0.39, 0.29) is 12.4 Å². The van der Waals surface area contributed by atoms with Crippen LogP contribution in [0.4, 0.5) is 0 Å². The highest BCUT2D eigenvalue weighted by Crippen LogP contribution is 2.06. The lowest BCUT2D eigenvalue weighted by atomic mass is 10.2. The van der Waals surface area contributed by atoms with Crippen molar-refractivity contribution in [2.75, 3.05) is 32.7 Å². The maximum atomic E-state index is 11.8. The first-order chi connectivity index (χ1) is 9.29. The maximum absolute atomic E-state index is 11.8. The van der Waals surface area contributed by atoms with E-state index in [1.165, 1.54) is 0 Å². The van der Waals surface area contributed by atoms with Crippen molar-refractivity contribution in [2.45, 2.75) is 26.2 Å². The molecule has 0 N–H and O–H groups in total. The molecule has 1 saturated heterocycles. The molecule has 0 saturated carbocycles. The monoisotopic (exact) mass is 297 g/mol. The van der Waals surface area contributed by atoms with Gasteiger partial charge in [-0.2, -0.15) is 0 Å². The minimum Gasteiger partial charge on any atom is -0.340 e. The Hall–Kier alpha value is -1.13. The first kappa shape index (κ1) is 16.9. The third-order valence-corrected chi connectivity index (χ3v) is 3.60. The molecule has 0 atom stereocenters. The SMILES string of the molecule is CCCC(=O)N1CCN(CCc2ccccn2)CC1.Cl. The van der Waals surface area contributed by atoms with Gasteiger partial charge in [0.1, 0.15) is 0 Å². The first-order valence-corrected chi connectivity index (χ1v) is 7.19. The molecule has 5 heteroatoms. The van der Waals surface area contributed by atoms with Crippen LogP contribution in [0.3, 0.4) is 0 Å². The molecular formula is C15H24ClN3O. The lowest BCUT2D eigenvalue weighted by Crippen LogP contribution is -2.49. The van der Waals surface area contributed by atoms with Gasteiger partial charge in [-0.3, -0.25) is 14.7 Å². The summed E-state index contributed by atoms with van der Waals surface area (Å²) in [7, 11) is 0. The Morgan fingerprint density at radius 1 is 1.25 bits per heavy atom. The van der Waals surface area contributed by atoms with Crippen molar-refractivity contribution in [3.05, 3.63) is 30.1 Å². The largest absolute Gasteiger partial charge is 0.340 e. The second-order valence-corrected chi connectivity index (χ2v) is 5.04. The van der Waals surface area contributed by atoms with Gasteiger partial charge in [-0.1, -0.05) is 13.0 Å². The number of pyridine rings is 1. The van der Waals surface area contributed by atoms with Gasteiger partial charge in [0, 0.05) is 57.5 Å². The van der Waals surface area contributed by atoms with Gasteiger partial charge in [0.05, 0.1) is 0 Å². The van der Waals surface area contributed by atoms with E-state index < -0.39 is 0 Å². The van der Waals surface area contributed by atoms with Crippen LogP contribution < -0.4 is 0 Å². The summed E-state index contributed by atoms with van der Waals surface area (Å²) in [5.74, 6) is 0.312. The fraction of sp³-hybridized carbons (Fsp3) is 0.600. The minimum atomic E-state index is 0. The Labute approximate surface area is 127 Å². The highest BCUT2D eigenvalue weighted by atomic mass is 35.5. The van der Waals surface area contributed by atoms with Crippen LogP contribution in [0.1, 0.15) is 25.5 Å². The molecule has 0 spiro atoms. The number of hydrogen-bond acceptors (Lipinski definition) is 3. The zero-order valence-corrected chi connectivity index (χ0v) is 12.9. The number of aromatic nitrogens is 1. The molecular weight excluding hydrogens is 274 g/mol. The van der Waals surface area contributed by atoms with Crippen LogP contribution in [-0.2, 0) is 11.2 Å². The Morgan fingerprint density at radius 3 is 2.60 bits per heavy atom. The number of hydrogen-bond donors (Lipinski definition) is 0. The predicted octanol–water partition coefficient (Wildman–Crippen LogP) is 1.99. The summed E-state index contributed by atoms with van der Waals surface area (Å²) >= 11 is 0. The molecule has 2 heterocycles. The number of carbonyl (C=O) groups is 1. The topological polar surface area (TPSA) is 36.4 Å². The molecule has 0 bridgehead atoms. The smallest absolute Gasteiger partial charge is 0.222 e. The van der Waals surface area contributed by atoms with Gasteiger partial charge in [-0.05, 0) is 18.6 Å². The number of amides is 1. The van der Waals surface area contributed by atoms with Crippen LogP contribution in [0.2, 0.25) is 0 Å². The number of nitrogens with zero attached hydrogens (tertiary/aromatic N) is 3. The van der Waals surface area contributed by atoms with Crippen molar-refractivity contribution < 1.29 is 4.79 Å². The van der Waals surface area contributed by atoms with Crippen molar-refractivity contribution in [2.24, 2.45) is 0 Å². The number of halogens is 1. The van der Waals surface area contributed by atoms with Gasteiger partial charge >= 0.3 is 0 Å². The van der Waals surface area contributed by atoms with Crippen LogP contribution in [-0.4, -0.2) is 53.4 Å². The molecule has 0 radical (unpaired) electrons. The summed E-state index contributed by atoms with van der Waals surface area (Å²) in [6.45, 7) is 6.82. The molecule has 1 amide bonds. The van der Waals surface area contributed by atoms with Crippen molar-refractivity contribution in [3.8, 4) is 0 Å². The predicted molar refractivity (Wildman–Crippen MR) is 83.1 cm³/mol. The lowest BCUT2D eigenvalue weighted by Gasteiger charge is -2.34. The Balaban J connectivity index is 0.00000200. The molecule has 1 aromatic heterocycles. The molecule has 112 valence electrons. The van der Waals surface area contributed by atoms with Crippen molar-refractivity contribution >= 4 is 18.3 Å². The zero-order chi connectivity index (χ0) is 13.5. The minimum absolute atomic E-state index is 0. The first-order valence-electron chi connectivity index (χ1n) is 7.19. The van der Waals surface area contributed by atoms with Gasteiger partial charge in [0.2, 0.25) is 5.91 Å². The van der Waals surface area contributed by atoms with Crippen LogP contribution in [0.15, 0.2) is 24.4 Å². The standard InChI is InChI=1S/C15H23N3O.ClH/c1-2-5-15(19)18-12-10-17(11-13-18)9-7-14-6-3-4-8-16-14;/h3-4,6,8H,2,5,7,9-13H2,1H3;1H. The van der Waals surface area contributed by atoms with E-state index in [1.807, 2.05) is 23.2 Å². The third kappa shape index (κ3) is 5.10. The quantitative estimate of drug-likeness (QED) is 0.834. The van der Waals surface area contributed by atoms with Gasteiger partial charge in [0.25, 0.3) is 0 Å². The summed E-state index contributed by atoms with van der Waals surface area (Å²) < 4.78 is 0. The number of piperazine rings is 1. The van der Waals surface area contributed by atoms with Crippen molar-refractivity contribution in [1.29, 1.82) is 0 Å². The third-order valence-electron chi connectivity index (χ3n) is 3.60. The Bertz CT molecular complexity index is 391. The normalized spacial score (nSPS) is 15.8. The van der Waals surface area contributed by atoms with E-state index in [2.05, 4.69) is 22.9 Å². The van der Waals surface area contributed by atoms with Crippen LogP contribution >= 0.6 is 12.4 Å². The molecule has 4 nitrogen and oxygen atoms in total. The van der Waals surface area contributed by atoms with Gasteiger partial charge in [0.15, 0.2) is 0 Å². The molecule has 20 heavy (non-hydrogen) atoms. The molecule has 2 rings (SSSR count). The summed E-state index contributed by atoms with van der Waals surface area (Å²) in [6.07, 6.45) is 4.47. The highest BCUT2D eigenvalue weighted by molar-refractivity contribution is 5.85. The Kier molecular flexibility index (Phi) is 7.55. The average Bonchev–Trinajstić information content (AvgIpc) is 2.47. The summed E-state index contributed by atoms with van der Waals surface area (Å²) in [4.78, 5) is 20.5. The zero-order valence-electron chi connectivity index (χ0n) is 12.1. The van der Waals surface area contributed by atoms with Gasteiger partial charge in [-0.15, -0.1) is 12.4 Å². The second kappa shape index (κ2) is 8.93. The second-order valence-electron chi connectivity index (χ2n) is 5.04. The van der Waals surface area contributed by atoms with E-state index in [0.717, 1.165) is 51.3 Å². The molecule has 0 aromatic carbocycles. The number of carbonyl (C=O) groups excluding carboxylic acids is 1. The van der Waals surface area contributed by atoms with Gasteiger partial charge in [-0.25, -0.2) is 0 Å².